The largest absolute Gasteiger partial charge is 0.361 e. The Morgan fingerprint density at radius 2 is 1.93 bits per heavy atom. The third kappa shape index (κ3) is 7.21. The molecule has 0 fully saturated rings. The molecule has 0 aliphatic rings. The highest BCUT2D eigenvalue weighted by Gasteiger charge is 2.13. The fraction of sp³-hybridized carbons (Fsp3) is 0.476. The molecule has 1 aromatic carbocycles. The Bertz CT molecular complexity index is 798. The second-order valence-corrected chi connectivity index (χ2v) is 6.52. The topological polar surface area (TPSA) is 91.6 Å². The fourth-order valence-corrected chi connectivity index (χ4v) is 2.89. The molecule has 2 rings (SSSR count). The smallest absolute Gasteiger partial charge is 0.224 e. The number of hydrogen-bond acceptors (Lipinski definition) is 4. The van der Waals surface area contributed by atoms with Crippen LogP contribution in [0, 0.1) is 5.82 Å². The first-order chi connectivity index (χ1) is 14.1. The maximum Gasteiger partial charge on any atom is 0.224 e. The van der Waals surface area contributed by atoms with E-state index < -0.39 is 0 Å². The van der Waals surface area contributed by atoms with Gasteiger partial charge in [0.15, 0.2) is 5.96 Å². The lowest BCUT2D eigenvalue weighted by Crippen LogP contribution is -2.41. The number of nitrogens with one attached hydrogen (secondary N) is 3. The van der Waals surface area contributed by atoms with Crippen LogP contribution in [0.2, 0.25) is 0 Å². The summed E-state index contributed by atoms with van der Waals surface area (Å²) in [6.07, 6.45) is 1.73. The van der Waals surface area contributed by atoms with E-state index in [-0.39, 0.29) is 18.1 Å². The Labute approximate surface area is 171 Å². The molecule has 3 N–H and O–H groups in total. The Hall–Kier alpha value is -2.90. The molecule has 8 heteroatoms. The summed E-state index contributed by atoms with van der Waals surface area (Å²) in [4.78, 5) is 16.6. The lowest BCUT2D eigenvalue weighted by Gasteiger charge is -2.12. The van der Waals surface area contributed by atoms with Crippen molar-refractivity contribution >= 4 is 11.9 Å². The molecule has 1 aromatic heterocycles. The monoisotopic (exact) mass is 403 g/mol. The van der Waals surface area contributed by atoms with Crippen LogP contribution in [0.4, 0.5) is 4.39 Å². The van der Waals surface area contributed by atoms with Crippen molar-refractivity contribution in [2.45, 2.75) is 46.6 Å². The molecule has 0 saturated heterocycles. The third-order valence-electron chi connectivity index (χ3n) is 4.34. The van der Waals surface area contributed by atoms with Crippen molar-refractivity contribution in [2.75, 3.05) is 19.6 Å². The van der Waals surface area contributed by atoms with Gasteiger partial charge in [0.2, 0.25) is 5.91 Å². The fourth-order valence-electron chi connectivity index (χ4n) is 2.89. The summed E-state index contributed by atoms with van der Waals surface area (Å²) in [7, 11) is 0. The van der Waals surface area contributed by atoms with Crippen LogP contribution >= 0.6 is 0 Å². The van der Waals surface area contributed by atoms with Crippen LogP contribution in [0.25, 0.3) is 0 Å². The molecule has 0 saturated carbocycles. The van der Waals surface area contributed by atoms with Crippen LogP contribution in [0.3, 0.4) is 0 Å². The minimum atomic E-state index is -0.339. The first-order valence-corrected chi connectivity index (χ1v) is 10.1. The van der Waals surface area contributed by atoms with Gasteiger partial charge >= 0.3 is 0 Å². The van der Waals surface area contributed by atoms with E-state index in [1.54, 1.807) is 12.1 Å². The molecule has 2 aromatic rings. The van der Waals surface area contributed by atoms with Gasteiger partial charge in [-0.3, -0.25) is 4.79 Å². The minimum Gasteiger partial charge on any atom is -0.361 e. The zero-order valence-corrected chi connectivity index (χ0v) is 17.3. The van der Waals surface area contributed by atoms with Gasteiger partial charge in [-0.1, -0.05) is 31.1 Å². The average molecular weight is 404 g/mol. The van der Waals surface area contributed by atoms with E-state index in [1.807, 2.05) is 20.8 Å². The molecular weight excluding hydrogens is 373 g/mol. The van der Waals surface area contributed by atoms with E-state index in [0.717, 1.165) is 36.4 Å². The third-order valence-corrected chi connectivity index (χ3v) is 4.34. The van der Waals surface area contributed by atoms with Gasteiger partial charge in [0.1, 0.15) is 11.6 Å². The number of amides is 1. The van der Waals surface area contributed by atoms with Crippen molar-refractivity contribution in [3.05, 3.63) is 52.7 Å². The molecule has 7 nitrogen and oxygen atoms in total. The van der Waals surface area contributed by atoms with Crippen molar-refractivity contribution in [3.8, 4) is 0 Å². The van der Waals surface area contributed by atoms with Crippen LogP contribution in [0.15, 0.2) is 33.8 Å². The maximum absolute atomic E-state index is 13.2. The second kappa shape index (κ2) is 11.8. The molecule has 158 valence electrons. The minimum absolute atomic E-state index is 0.149. The zero-order valence-electron chi connectivity index (χ0n) is 17.3. The number of aryl methyl sites for hydroxylation is 2. The molecule has 0 unspecified atom stereocenters. The number of rotatable bonds is 10. The van der Waals surface area contributed by atoms with Gasteiger partial charge in [0, 0.05) is 31.6 Å². The van der Waals surface area contributed by atoms with E-state index >= 15 is 0 Å². The van der Waals surface area contributed by atoms with Crippen molar-refractivity contribution in [2.24, 2.45) is 4.99 Å². The number of aliphatic imine (C=N–C) groups is 1. The highest BCUT2D eigenvalue weighted by molar-refractivity contribution is 5.80. The van der Waals surface area contributed by atoms with E-state index in [0.29, 0.717) is 31.2 Å². The molecule has 0 atom stereocenters. The van der Waals surface area contributed by atoms with Gasteiger partial charge in [0.25, 0.3) is 0 Å². The van der Waals surface area contributed by atoms with Gasteiger partial charge in [-0.15, -0.1) is 0 Å². The molecular formula is C21H30FN5O2. The predicted octanol–water partition coefficient (Wildman–Crippen LogP) is 2.35. The van der Waals surface area contributed by atoms with E-state index in [9.17, 15) is 9.18 Å². The number of carbonyl (C=O) groups is 1. The molecule has 0 bridgehead atoms. The number of guanidine groups is 1. The summed E-state index contributed by atoms with van der Waals surface area (Å²) in [6.45, 7) is 8.23. The Morgan fingerprint density at radius 3 is 2.62 bits per heavy atom. The summed E-state index contributed by atoms with van der Waals surface area (Å²) < 4.78 is 18.6. The van der Waals surface area contributed by atoms with Crippen molar-refractivity contribution < 1.29 is 13.7 Å². The summed E-state index contributed by atoms with van der Waals surface area (Å²) >= 11 is 0. The summed E-state index contributed by atoms with van der Waals surface area (Å²) in [5, 5.41) is 13.3. The lowest BCUT2D eigenvalue weighted by atomic mass is 10.1. The lowest BCUT2D eigenvalue weighted by molar-refractivity contribution is -0.120. The van der Waals surface area contributed by atoms with Gasteiger partial charge in [-0.25, -0.2) is 9.38 Å². The summed E-state index contributed by atoms with van der Waals surface area (Å²) in [5.41, 5.74) is 2.62. The van der Waals surface area contributed by atoms with Crippen molar-refractivity contribution in [3.63, 3.8) is 0 Å². The number of nitrogens with zero attached hydrogens (tertiary/aromatic N) is 2. The molecule has 29 heavy (non-hydrogen) atoms. The first kappa shape index (κ1) is 22.4. The SMILES string of the molecule is CCNC(=NCc1c(CC)noc1CC)NCCNC(=O)Cc1cccc(F)c1. The highest BCUT2D eigenvalue weighted by Crippen LogP contribution is 2.16. The predicted molar refractivity (Wildman–Crippen MR) is 111 cm³/mol. The Kier molecular flexibility index (Phi) is 9.14. The number of carbonyl (C=O) groups excluding carboxylic acids is 1. The molecule has 0 aliphatic heterocycles. The van der Waals surface area contributed by atoms with Crippen LogP contribution in [-0.2, 0) is 30.6 Å². The Morgan fingerprint density at radius 1 is 1.14 bits per heavy atom. The van der Waals surface area contributed by atoms with E-state index in [4.69, 9.17) is 4.52 Å². The molecule has 0 aliphatic carbocycles. The van der Waals surface area contributed by atoms with Crippen LogP contribution in [0.5, 0.6) is 0 Å². The van der Waals surface area contributed by atoms with Gasteiger partial charge in [0.05, 0.1) is 18.7 Å². The first-order valence-electron chi connectivity index (χ1n) is 10.1. The van der Waals surface area contributed by atoms with Gasteiger partial charge in [-0.05, 0) is 31.0 Å². The summed E-state index contributed by atoms with van der Waals surface area (Å²) in [6, 6.07) is 6.06. The van der Waals surface area contributed by atoms with Crippen LogP contribution < -0.4 is 16.0 Å². The quantitative estimate of drug-likeness (QED) is 0.322. The van der Waals surface area contributed by atoms with Gasteiger partial charge < -0.3 is 20.5 Å². The number of halogens is 1. The summed E-state index contributed by atoms with van der Waals surface area (Å²) in [5.74, 6) is 1.04. The Balaban J connectivity index is 1.82. The number of aromatic nitrogens is 1. The normalized spacial score (nSPS) is 11.4. The van der Waals surface area contributed by atoms with Crippen LogP contribution in [0.1, 0.15) is 43.4 Å². The average Bonchev–Trinajstić information content (AvgIpc) is 3.11. The standard InChI is InChI=1S/C21H30FN5O2/c1-4-18-17(19(5-2)29-27-18)14-26-21(23-6-3)25-11-10-24-20(28)13-15-8-7-9-16(22)12-15/h7-9,12H,4-6,10-11,13-14H2,1-3H3,(H,24,28)(H2,23,25,26). The molecule has 1 amide bonds. The molecule has 0 radical (unpaired) electrons. The van der Waals surface area contributed by atoms with Crippen LogP contribution in [-0.4, -0.2) is 36.7 Å². The van der Waals surface area contributed by atoms with E-state index in [2.05, 4.69) is 26.1 Å². The molecule has 1 heterocycles. The highest BCUT2D eigenvalue weighted by atomic mass is 19.1. The number of benzene rings is 1. The van der Waals surface area contributed by atoms with Crippen molar-refractivity contribution in [1.82, 2.24) is 21.1 Å². The molecule has 0 spiro atoms. The zero-order chi connectivity index (χ0) is 21.1. The van der Waals surface area contributed by atoms with Gasteiger partial charge in [-0.2, -0.15) is 0 Å². The maximum atomic E-state index is 13.2. The van der Waals surface area contributed by atoms with Crippen molar-refractivity contribution in [1.29, 1.82) is 0 Å². The number of hydrogen-bond donors (Lipinski definition) is 3. The second-order valence-electron chi connectivity index (χ2n) is 6.52. The van der Waals surface area contributed by atoms with E-state index in [1.165, 1.54) is 12.1 Å².